The van der Waals surface area contributed by atoms with Gasteiger partial charge in [-0.3, -0.25) is 13.9 Å². The van der Waals surface area contributed by atoms with Crippen LogP contribution in [0.2, 0.25) is 15.1 Å². The summed E-state index contributed by atoms with van der Waals surface area (Å²) >= 11 is 18.3. The Bertz CT molecular complexity index is 1130. The lowest BCUT2D eigenvalue weighted by Gasteiger charge is -2.32. The number of hydrogen-bond donors (Lipinski definition) is 1. The largest absolute Gasteiger partial charge is 0.352 e. The molecule has 2 aromatic carbocycles. The molecular weight excluding hydrogens is 521 g/mol. The zero-order valence-electron chi connectivity index (χ0n) is 19.4. The molecule has 2 aromatic rings. The third-order valence-electron chi connectivity index (χ3n) is 5.31. The predicted octanol–water partition coefficient (Wildman–Crippen LogP) is 4.74. The highest BCUT2D eigenvalue weighted by Crippen LogP contribution is 2.33. The van der Waals surface area contributed by atoms with E-state index in [1.165, 1.54) is 17.0 Å². The highest BCUT2D eigenvalue weighted by atomic mass is 35.5. The number of benzene rings is 2. The summed E-state index contributed by atoms with van der Waals surface area (Å²) in [4.78, 5) is 27.7. The van der Waals surface area contributed by atoms with Crippen molar-refractivity contribution in [3.05, 3.63) is 63.1 Å². The Balaban J connectivity index is 2.42. The van der Waals surface area contributed by atoms with Crippen molar-refractivity contribution in [2.24, 2.45) is 0 Å². The number of hydrogen-bond acceptors (Lipinski definition) is 4. The van der Waals surface area contributed by atoms with E-state index in [9.17, 15) is 18.0 Å². The molecule has 186 valence electrons. The molecule has 2 atom stereocenters. The van der Waals surface area contributed by atoms with Crippen LogP contribution in [0.4, 0.5) is 5.69 Å². The third kappa shape index (κ3) is 7.50. The molecule has 0 unspecified atom stereocenters. The quantitative estimate of drug-likeness (QED) is 0.464. The number of anilines is 1. The van der Waals surface area contributed by atoms with E-state index in [-0.39, 0.29) is 34.2 Å². The van der Waals surface area contributed by atoms with E-state index >= 15 is 0 Å². The maximum absolute atomic E-state index is 13.5. The van der Waals surface area contributed by atoms with E-state index in [2.05, 4.69) is 5.32 Å². The van der Waals surface area contributed by atoms with Gasteiger partial charge in [0.2, 0.25) is 21.8 Å². The van der Waals surface area contributed by atoms with Gasteiger partial charge in [-0.2, -0.15) is 0 Å². The molecule has 0 radical (unpaired) electrons. The highest BCUT2D eigenvalue weighted by molar-refractivity contribution is 7.92. The predicted molar refractivity (Wildman–Crippen MR) is 138 cm³/mol. The van der Waals surface area contributed by atoms with E-state index in [1.807, 2.05) is 13.8 Å². The van der Waals surface area contributed by atoms with Crippen molar-refractivity contribution in [1.82, 2.24) is 10.2 Å². The fraction of sp³-hybridized carbons (Fsp3) is 0.391. The monoisotopic (exact) mass is 547 g/mol. The Hall–Kier alpha value is -2.00. The molecule has 2 amide bonds. The van der Waals surface area contributed by atoms with Gasteiger partial charge in [-0.25, -0.2) is 8.42 Å². The lowest BCUT2D eigenvalue weighted by Crippen LogP contribution is -2.52. The molecule has 2 rings (SSSR count). The smallest absolute Gasteiger partial charge is 0.244 e. The summed E-state index contributed by atoms with van der Waals surface area (Å²) < 4.78 is 26.1. The molecule has 0 fully saturated rings. The zero-order valence-corrected chi connectivity index (χ0v) is 22.5. The van der Waals surface area contributed by atoms with Crippen LogP contribution in [0.1, 0.15) is 32.8 Å². The summed E-state index contributed by atoms with van der Waals surface area (Å²) in [5.74, 6) is -0.924. The van der Waals surface area contributed by atoms with Crippen LogP contribution < -0.4 is 9.62 Å². The van der Waals surface area contributed by atoms with Gasteiger partial charge >= 0.3 is 0 Å². The van der Waals surface area contributed by atoms with Gasteiger partial charge in [-0.1, -0.05) is 59.9 Å². The average molecular weight is 549 g/mol. The van der Waals surface area contributed by atoms with Crippen molar-refractivity contribution in [2.75, 3.05) is 17.1 Å². The Morgan fingerprint density at radius 2 is 1.65 bits per heavy atom. The Kier molecular flexibility index (Phi) is 10.1. The van der Waals surface area contributed by atoms with Crippen molar-refractivity contribution in [2.45, 2.75) is 45.8 Å². The van der Waals surface area contributed by atoms with Crippen LogP contribution in [0.25, 0.3) is 0 Å². The van der Waals surface area contributed by atoms with E-state index in [1.54, 1.807) is 37.3 Å². The number of halogens is 3. The topological polar surface area (TPSA) is 86.8 Å². The molecule has 0 heterocycles. The minimum Gasteiger partial charge on any atom is -0.352 e. The molecule has 0 aliphatic rings. The molecule has 0 aliphatic heterocycles. The van der Waals surface area contributed by atoms with Crippen molar-refractivity contribution >= 4 is 62.3 Å². The van der Waals surface area contributed by atoms with E-state index in [4.69, 9.17) is 34.8 Å². The van der Waals surface area contributed by atoms with Gasteiger partial charge in [-0.15, -0.1) is 0 Å². The second-order valence-electron chi connectivity index (χ2n) is 7.98. The van der Waals surface area contributed by atoms with Crippen LogP contribution in [0.15, 0.2) is 42.5 Å². The molecule has 34 heavy (non-hydrogen) atoms. The second kappa shape index (κ2) is 12.1. The molecule has 0 aromatic heterocycles. The summed E-state index contributed by atoms with van der Waals surface area (Å²) in [6.07, 6.45) is 1.69. The number of amides is 2. The molecule has 1 N–H and O–H groups in total. The van der Waals surface area contributed by atoms with Gasteiger partial charge in [0.25, 0.3) is 0 Å². The molecule has 0 spiro atoms. The molecule has 11 heteroatoms. The van der Waals surface area contributed by atoms with Crippen molar-refractivity contribution in [1.29, 1.82) is 0 Å². The normalized spacial score (nSPS) is 13.1. The van der Waals surface area contributed by atoms with Gasteiger partial charge in [0.05, 0.1) is 22.0 Å². The Labute approximate surface area is 216 Å². The van der Waals surface area contributed by atoms with Crippen LogP contribution in [0.3, 0.4) is 0 Å². The zero-order chi connectivity index (χ0) is 25.6. The number of nitrogens with one attached hydrogen (secondary N) is 1. The molecule has 0 saturated carbocycles. The van der Waals surface area contributed by atoms with Crippen LogP contribution in [-0.4, -0.2) is 50.0 Å². The number of sulfonamides is 1. The van der Waals surface area contributed by atoms with E-state index in [0.29, 0.717) is 5.02 Å². The van der Waals surface area contributed by atoms with Crippen LogP contribution in [-0.2, 0) is 26.2 Å². The molecular formula is C23H28Cl3N3O4S. The Morgan fingerprint density at radius 3 is 2.21 bits per heavy atom. The minimum atomic E-state index is -3.91. The maximum Gasteiger partial charge on any atom is 0.244 e. The summed E-state index contributed by atoms with van der Waals surface area (Å²) in [7, 11) is -3.91. The van der Waals surface area contributed by atoms with Gasteiger partial charge < -0.3 is 10.2 Å². The van der Waals surface area contributed by atoms with Crippen LogP contribution >= 0.6 is 34.8 Å². The lowest BCUT2D eigenvalue weighted by molar-refractivity contribution is -0.139. The molecule has 0 bridgehead atoms. The fourth-order valence-electron chi connectivity index (χ4n) is 3.11. The summed E-state index contributed by atoms with van der Waals surface area (Å²) in [6, 6.07) is 10.4. The molecule has 0 saturated heterocycles. The van der Waals surface area contributed by atoms with Crippen molar-refractivity contribution in [3.8, 4) is 0 Å². The maximum atomic E-state index is 13.5. The van der Waals surface area contributed by atoms with E-state index in [0.717, 1.165) is 22.5 Å². The highest BCUT2D eigenvalue weighted by Gasteiger charge is 2.31. The number of carbonyl (C=O) groups excluding carboxylic acids is 2. The third-order valence-corrected chi connectivity index (χ3v) is 7.50. The number of nitrogens with zero attached hydrogens (tertiary/aromatic N) is 2. The van der Waals surface area contributed by atoms with Gasteiger partial charge in [0, 0.05) is 17.6 Å². The summed E-state index contributed by atoms with van der Waals surface area (Å²) in [6.45, 7) is 4.91. The Morgan fingerprint density at radius 1 is 1.03 bits per heavy atom. The first kappa shape index (κ1) is 28.2. The van der Waals surface area contributed by atoms with Crippen LogP contribution in [0, 0.1) is 0 Å². The van der Waals surface area contributed by atoms with Crippen LogP contribution in [0.5, 0.6) is 0 Å². The first-order valence-corrected chi connectivity index (χ1v) is 13.6. The van der Waals surface area contributed by atoms with Crippen molar-refractivity contribution < 1.29 is 18.0 Å². The number of rotatable bonds is 10. The number of carbonyl (C=O) groups is 2. The van der Waals surface area contributed by atoms with E-state index < -0.39 is 28.5 Å². The standard InChI is InChI=1S/C23H28Cl3N3O4S/c1-5-15(2)27-23(31)16(3)28(13-17-9-11-18(24)12-10-17)21(30)14-29(34(4,32)33)20-8-6-7-19(25)22(20)26/h6-12,15-16H,5,13-14H2,1-4H3,(H,27,31)/t15-,16+/m1/s1. The van der Waals surface area contributed by atoms with Crippen molar-refractivity contribution in [3.63, 3.8) is 0 Å². The van der Waals surface area contributed by atoms with Gasteiger partial charge in [0.15, 0.2) is 0 Å². The first-order chi connectivity index (χ1) is 15.8. The lowest BCUT2D eigenvalue weighted by atomic mass is 10.1. The SMILES string of the molecule is CC[C@@H](C)NC(=O)[C@H](C)N(Cc1ccc(Cl)cc1)C(=O)CN(c1cccc(Cl)c1Cl)S(C)(=O)=O. The molecule has 0 aliphatic carbocycles. The minimum absolute atomic E-state index is 0.00852. The van der Waals surface area contributed by atoms with Gasteiger partial charge in [-0.05, 0) is 50.1 Å². The fourth-order valence-corrected chi connectivity index (χ4v) is 4.54. The first-order valence-electron chi connectivity index (χ1n) is 10.6. The second-order valence-corrected chi connectivity index (χ2v) is 11.1. The summed E-state index contributed by atoms with van der Waals surface area (Å²) in [5.41, 5.74) is 0.806. The summed E-state index contributed by atoms with van der Waals surface area (Å²) in [5, 5.41) is 3.56. The van der Waals surface area contributed by atoms with Gasteiger partial charge in [0.1, 0.15) is 12.6 Å². The average Bonchev–Trinajstić information content (AvgIpc) is 2.77. The molecule has 7 nitrogen and oxygen atoms in total.